The lowest BCUT2D eigenvalue weighted by atomic mass is 10.1. The number of aryl methyl sites for hydroxylation is 1. The molecule has 20 heavy (non-hydrogen) atoms. The van der Waals surface area contributed by atoms with Gasteiger partial charge in [0.25, 0.3) is 0 Å². The quantitative estimate of drug-likeness (QED) is 0.731. The molecule has 2 heterocycles. The second-order valence-electron chi connectivity index (χ2n) is 4.92. The summed E-state index contributed by atoms with van der Waals surface area (Å²) in [5.41, 5.74) is 2.26. The maximum atomic E-state index is 4.78. The van der Waals surface area contributed by atoms with Gasteiger partial charge in [-0.25, -0.2) is 9.97 Å². The average Bonchev–Trinajstić information content (AvgIpc) is 2.97. The van der Waals surface area contributed by atoms with Crippen LogP contribution in [0, 0.1) is 6.92 Å². The highest BCUT2D eigenvalue weighted by Gasteiger charge is 2.09. The fourth-order valence-electron chi connectivity index (χ4n) is 2.34. The molecule has 3 nitrogen and oxygen atoms in total. The summed E-state index contributed by atoms with van der Waals surface area (Å²) >= 11 is 1.71. The van der Waals surface area contributed by atoms with Crippen molar-refractivity contribution in [3.63, 3.8) is 0 Å². The van der Waals surface area contributed by atoms with E-state index in [-0.39, 0.29) is 0 Å². The van der Waals surface area contributed by atoms with Crippen molar-refractivity contribution in [2.75, 3.05) is 18.5 Å². The molecular formula is C16H17N3S. The second kappa shape index (κ2) is 5.59. The topological polar surface area (TPSA) is 29.0 Å². The molecule has 0 bridgehead atoms. The van der Waals surface area contributed by atoms with E-state index in [1.165, 1.54) is 16.0 Å². The minimum Gasteiger partial charge on any atom is -0.359 e. The van der Waals surface area contributed by atoms with Crippen LogP contribution < -0.4 is 4.90 Å². The van der Waals surface area contributed by atoms with E-state index in [0.29, 0.717) is 0 Å². The van der Waals surface area contributed by atoms with Crippen LogP contribution in [0.3, 0.4) is 0 Å². The van der Waals surface area contributed by atoms with Crippen LogP contribution in [0.4, 0.5) is 5.82 Å². The number of benzene rings is 1. The van der Waals surface area contributed by atoms with Gasteiger partial charge in [-0.05, 0) is 24.6 Å². The maximum absolute atomic E-state index is 4.78. The summed E-state index contributed by atoms with van der Waals surface area (Å²) in [7, 11) is 2.09. The van der Waals surface area contributed by atoms with Crippen molar-refractivity contribution in [2.24, 2.45) is 0 Å². The van der Waals surface area contributed by atoms with Gasteiger partial charge in [0.1, 0.15) is 5.82 Å². The zero-order valence-electron chi connectivity index (χ0n) is 11.7. The highest BCUT2D eigenvalue weighted by Crippen LogP contribution is 2.22. The number of aromatic nitrogens is 2. The van der Waals surface area contributed by atoms with E-state index in [1.807, 2.05) is 17.6 Å². The van der Waals surface area contributed by atoms with Crippen molar-refractivity contribution in [1.82, 2.24) is 9.97 Å². The monoisotopic (exact) mass is 283 g/mol. The fraction of sp³-hybridized carbons (Fsp3) is 0.250. The van der Waals surface area contributed by atoms with Gasteiger partial charge in [-0.2, -0.15) is 0 Å². The van der Waals surface area contributed by atoms with Crippen molar-refractivity contribution in [2.45, 2.75) is 13.3 Å². The predicted molar refractivity (Wildman–Crippen MR) is 85.6 cm³/mol. The summed E-state index contributed by atoms with van der Waals surface area (Å²) in [6.07, 6.45) is 2.82. The highest BCUT2D eigenvalue weighted by molar-refractivity contribution is 7.09. The maximum Gasteiger partial charge on any atom is 0.131 e. The first-order valence-corrected chi connectivity index (χ1v) is 7.58. The lowest BCUT2D eigenvalue weighted by Crippen LogP contribution is -2.22. The molecule has 0 N–H and O–H groups in total. The molecule has 1 aromatic carbocycles. The van der Waals surface area contributed by atoms with E-state index in [1.54, 1.807) is 11.3 Å². The SMILES string of the molecule is Cc1cc2ccccc2nc1N(C)CCc1nccs1. The van der Waals surface area contributed by atoms with Crippen LogP contribution in [0.25, 0.3) is 10.9 Å². The molecule has 0 aliphatic carbocycles. The Morgan fingerprint density at radius 3 is 2.90 bits per heavy atom. The summed E-state index contributed by atoms with van der Waals surface area (Å²) in [5.74, 6) is 1.06. The van der Waals surface area contributed by atoms with Crippen LogP contribution in [0.5, 0.6) is 0 Å². The van der Waals surface area contributed by atoms with Crippen LogP contribution >= 0.6 is 11.3 Å². The van der Waals surface area contributed by atoms with E-state index in [0.717, 1.165) is 24.3 Å². The Balaban J connectivity index is 1.83. The average molecular weight is 283 g/mol. The van der Waals surface area contributed by atoms with Gasteiger partial charge in [0, 0.05) is 37.0 Å². The molecule has 0 saturated carbocycles. The molecule has 0 radical (unpaired) electrons. The van der Waals surface area contributed by atoms with Crippen LogP contribution in [0.2, 0.25) is 0 Å². The smallest absolute Gasteiger partial charge is 0.131 e. The number of rotatable bonds is 4. The molecule has 102 valence electrons. The number of hydrogen-bond acceptors (Lipinski definition) is 4. The normalized spacial score (nSPS) is 10.9. The van der Waals surface area contributed by atoms with Crippen LogP contribution in [-0.2, 0) is 6.42 Å². The summed E-state index contributed by atoms with van der Waals surface area (Å²) < 4.78 is 0. The molecule has 3 aromatic rings. The summed E-state index contributed by atoms with van der Waals surface area (Å²) in [4.78, 5) is 11.3. The minimum absolute atomic E-state index is 0.930. The molecule has 0 amide bonds. The van der Waals surface area contributed by atoms with Gasteiger partial charge in [0.05, 0.1) is 10.5 Å². The number of thiazole rings is 1. The molecule has 4 heteroatoms. The van der Waals surface area contributed by atoms with E-state index >= 15 is 0 Å². The van der Waals surface area contributed by atoms with E-state index in [2.05, 4.69) is 48.1 Å². The first kappa shape index (κ1) is 13.1. The molecular weight excluding hydrogens is 266 g/mol. The zero-order chi connectivity index (χ0) is 13.9. The Morgan fingerprint density at radius 1 is 1.25 bits per heavy atom. The first-order chi connectivity index (χ1) is 9.74. The molecule has 0 saturated heterocycles. The van der Waals surface area contributed by atoms with Gasteiger partial charge in [-0.3, -0.25) is 0 Å². The van der Waals surface area contributed by atoms with E-state index < -0.39 is 0 Å². The highest BCUT2D eigenvalue weighted by atomic mass is 32.1. The largest absolute Gasteiger partial charge is 0.359 e. The zero-order valence-corrected chi connectivity index (χ0v) is 12.5. The molecule has 2 aromatic heterocycles. The molecule has 0 aliphatic heterocycles. The summed E-state index contributed by atoms with van der Waals surface area (Å²) in [6.45, 7) is 3.05. The number of nitrogens with zero attached hydrogens (tertiary/aromatic N) is 3. The standard InChI is InChI=1S/C16H17N3S/c1-12-11-13-5-3-4-6-14(13)18-16(12)19(2)9-7-15-17-8-10-20-15/h3-6,8,10-11H,7,9H2,1-2H3. The van der Waals surface area contributed by atoms with Crippen LogP contribution in [0.1, 0.15) is 10.6 Å². The number of fused-ring (bicyclic) bond motifs is 1. The number of pyridine rings is 1. The van der Waals surface area contributed by atoms with Crippen molar-refractivity contribution < 1.29 is 0 Å². The molecule has 0 aliphatic rings. The molecule has 3 rings (SSSR count). The van der Waals surface area contributed by atoms with Crippen molar-refractivity contribution >= 4 is 28.1 Å². The Labute approximate surface area is 122 Å². The molecule has 0 fully saturated rings. The number of hydrogen-bond donors (Lipinski definition) is 0. The molecule has 0 spiro atoms. The van der Waals surface area contributed by atoms with Crippen molar-refractivity contribution in [3.05, 3.63) is 52.5 Å². The van der Waals surface area contributed by atoms with E-state index in [9.17, 15) is 0 Å². The lowest BCUT2D eigenvalue weighted by Gasteiger charge is -2.20. The number of para-hydroxylation sites is 1. The third-order valence-corrected chi connectivity index (χ3v) is 4.23. The van der Waals surface area contributed by atoms with Gasteiger partial charge < -0.3 is 4.90 Å². The Hall–Kier alpha value is -1.94. The van der Waals surface area contributed by atoms with Gasteiger partial charge in [0.15, 0.2) is 0 Å². The summed E-state index contributed by atoms with van der Waals surface area (Å²) in [6, 6.07) is 10.5. The van der Waals surface area contributed by atoms with Crippen molar-refractivity contribution in [1.29, 1.82) is 0 Å². The fourth-order valence-corrected chi connectivity index (χ4v) is 2.95. The molecule has 0 atom stereocenters. The summed E-state index contributed by atoms with van der Waals surface area (Å²) in [5, 5.41) is 4.40. The predicted octanol–water partition coefficient (Wildman–Crippen LogP) is 3.68. The van der Waals surface area contributed by atoms with Crippen LogP contribution in [0.15, 0.2) is 41.9 Å². The Kier molecular flexibility index (Phi) is 3.65. The van der Waals surface area contributed by atoms with Crippen molar-refractivity contribution in [3.8, 4) is 0 Å². The molecule has 0 unspecified atom stereocenters. The van der Waals surface area contributed by atoms with Gasteiger partial charge in [-0.1, -0.05) is 18.2 Å². The second-order valence-corrected chi connectivity index (χ2v) is 5.90. The Bertz CT molecular complexity index is 707. The van der Waals surface area contributed by atoms with E-state index in [4.69, 9.17) is 4.98 Å². The minimum atomic E-state index is 0.930. The first-order valence-electron chi connectivity index (χ1n) is 6.70. The van der Waals surface area contributed by atoms with Gasteiger partial charge >= 0.3 is 0 Å². The number of likely N-dealkylation sites (N-methyl/N-ethyl adjacent to an activating group) is 1. The van der Waals surface area contributed by atoms with Gasteiger partial charge in [-0.15, -0.1) is 11.3 Å². The third-order valence-electron chi connectivity index (χ3n) is 3.39. The van der Waals surface area contributed by atoms with Crippen LogP contribution in [-0.4, -0.2) is 23.6 Å². The Morgan fingerprint density at radius 2 is 2.10 bits per heavy atom. The van der Waals surface area contributed by atoms with Gasteiger partial charge in [0.2, 0.25) is 0 Å². The third kappa shape index (κ3) is 2.65. The lowest BCUT2D eigenvalue weighted by molar-refractivity contribution is 0.852. The number of anilines is 1.